The van der Waals surface area contributed by atoms with Gasteiger partial charge in [-0.25, -0.2) is 4.79 Å². The maximum Gasteiger partial charge on any atom is 0.413 e. The van der Waals surface area contributed by atoms with Crippen molar-refractivity contribution in [2.24, 2.45) is 5.92 Å². The number of carbonyl (C=O) groups is 3. The van der Waals surface area contributed by atoms with Gasteiger partial charge in [-0.2, -0.15) is 0 Å². The predicted molar refractivity (Wildman–Crippen MR) is 87.3 cm³/mol. The largest absolute Gasteiger partial charge is 0.480 e. The van der Waals surface area contributed by atoms with Crippen molar-refractivity contribution < 1.29 is 29.0 Å². The molecule has 1 aliphatic carbocycles. The first-order valence-corrected chi connectivity index (χ1v) is 8.52. The highest BCUT2D eigenvalue weighted by molar-refractivity contribution is 5.77. The Balaban J connectivity index is 2.29. The number of amides is 1. The Morgan fingerprint density at radius 3 is 2.25 bits per heavy atom. The highest BCUT2D eigenvalue weighted by Gasteiger charge is 2.30. The van der Waals surface area contributed by atoms with E-state index in [1.807, 2.05) is 0 Å². The molecule has 0 radical (unpaired) electrons. The fourth-order valence-corrected chi connectivity index (χ4v) is 2.80. The summed E-state index contributed by atoms with van der Waals surface area (Å²) in [5.41, 5.74) is -0.708. The minimum absolute atomic E-state index is 0.320. The number of carboxylic acids is 1. The van der Waals surface area contributed by atoms with Crippen LogP contribution in [-0.4, -0.2) is 46.9 Å². The fraction of sp³-hybridized carbons (Fsp3) is 0.824. The molecule has 7 heteroatoms. The predicted octanol–water partition coefficient (Wildman–Crippen LogP) is 3.17. The van der Waals surface area contributed by atoms with Crippen LogP contribution in [-0.2, 0) is 19.1 Å². The van der Waals surface area contributed by atoms with Gasteiger partial charge in [-0.05, 0) is 33.1 Å². The van der Waals surface area contributed by atoms with Gasteiger partial charge in [0.15, 0.2) is 0 Å². The van der Waals surface area contributed by atoms with Gasteiger partial charge in [-0.15, -0.1) is 0 Å². The van der Waals surface area contributed by atoms with Gasteiger partial charge in [0, 0.05) is 12.0 Å². The zero-order valence-electron chi connectivity index (χ0n) is 14.9. The van der Waals surface area contributed by atoms with Crippen molar-refractivity contribution in [1.29, 1.82) is 0 Å². The second-order valence-electron chi connectivity index (χ2n) is 7.24. The molecule has 0 spiro atoms. The number of rotatable bonds is 7. The van der Waals surface area contributed by atoms with Gasteiger partial charge in [0.25, 0.3) is 0 Å². The van der Waals surface area contributed by atoms with Gasteiger partial charge < -0.3 is 14.6 Å². The third-order valence-electron chi connectivity index (χ3n) is 4.21. The molecule has 1 amide bonds. The number of nitrogens with zero attached hydrogens (tertiary/aromatic N) is 1. The third kappa shape index (κ3) is 7.66. The molecule has 0 aliphatic heterocycles. The fourth-order valence-electron chi connectivity index (χ4n) is 2.80. The minimum Gasteiger partial charge on any atom is -0.480 e. The van der Waals surface area contributed by atoms with Gasteiger partial charge >= 0.3 is 18.0 Å². The summed E-state index contributed by atoms with van der Waals surface area (Å²) in [6.07, 6.45) is 6.37. The summed E-state index contributed by atoms with van der Waals surface area (Å²) in [4.78, 5) is 35.6. The molecule has 1 fully saturated rings. The van der Waals surface area contributed by atoms with E-state index in [0.29, 0.717) is 12.3 Å². The van der Waals surface area contributed by atoms with E-state index in [-0.39, 0.29) is 0 Å². The van der Waals surface area contributed by atoms with Crippen molar-refractivity contribution in [1.82, 2.24) is 4.90 Å². The molecule has 0 aromatic carbocycles. The standard InChI is InChI=1S/C17H29NO6/c1-17(2,3)18(11-14(19)20)16(22)24-12-23-15(21)10-9-13-7-5-4-6-8-13/h13H,4-12H2,1-3H3,(H,19,20). The van der Waals surface area contributed by atoms with Crippen molar-refractivity contribution >= 4 is 18.0 Å². The van der Waals surface area contributed by atoms with E-state index in [1.165, 1.54) is 19.3 Å². The third-order valence-corrected chi connectivity index (χ3v) is 4.21. The molecule has 0 saturated heterocycles. The smallest absolute Gasteiger partial charge is 0.413 e. The van der Waals surface area contributed by atoms with Crippen LogP contribution in [0.5, 0.6) is 0 Å². The van der Waals surface area contributed by atoms with Crippen LogP contribution >= 0.6 is 0 Å². The van der Waals surface area contributed by atoms with Crippen LogP contribution in [0.25, 0.3) is 0 Å². The van der Waals surface area contributed by atoms with Gasteiger partial charge in [0.05, 0.1) is 0 Å². The van der Waals surface area contributed by atoms with Crippen LogP contribution in [0.3, 0.4) is 0 Å². The molecule has 1 N–H and O–H groups in total. The second kappa shape index (κ2) is 9.49. The summed E-state index contributed by atoms with van der Waals surface area (Å²) in [6, 6.07) is 0. The maximum absolute atomic E-state index is 12.0. The van der Waals surface area contributed by atoms with Crippen LogP contribution in [0.15, 0.2) is 0 Å². The molecule has 7 nitrogen and oxygen atoms in total. The highest BCUT2D eigenvalue weighted by atomic mass is 16.7. The SMILES string of the molecule is CC(C)(C)N(CC(=O)O)C(=O)OCOC(=O)CCC1CCCCC1. The summed E-state index contributed by atoms with van der Waals surface area (Å²) >= 11 is 0. The molecule has 0 aromatic rings. The van der Waals surface area contributed by atoms with E-state index in [1.54, 1.807) is 20.8 Å². The lowest BCUT2D eigenvalue weighted by atomic mass is 9.86. The van der Waals surface area contributed by atoms with E-state index >= 15 is 0 Å². The Kier molecular flexibility index (Phi) is 8.01. The molecular weight excluding hydrogens is 314 g/mol. The molecule has 0 heterocycles. The number of aliphatic carboxylic acids is 1. The lowest BCUT2D eigenvalue weighted by Crippen LogP contribution is -2.48. The van der Waals surface area contributed by atoms with Crippen LogP contribution < -0.4 is 0 Å². The average molecular weight is 343 g/mol. The first-order valence-electron chi connectivity index (χ1n) is 8.52. The summed E-state index contributed by atoms with van der Waals surface area (Å²) in [7, 11) is 0. The van der Waals surface area contributed by atoms with E-state index in [2.05, 4.69) is 0 Å². The molecule has 1 rings (SSSR count). The quantitative estimate of drug-likeness (QED) is 0.564. The normalized spacial score (nSPS) is 15.6. The number of hydrogen-bond donors (Lipinski definition) is 1. The van der Waals surface area contributed by atoms with E-state index < -0.39 is 36.9 Å². The minimum atomic E-state index is -1.13. The molecule has 1 aliphatic rings. The first kappa shape index (κ1) is 20.3. The summed E-state index contributed by atoms with van der Waals surface area (Å²) in [6.45, 7) is 4.14. The molecular formula is C17H29NO6. The van der Waals surface area contributed by atoms with Gasteiger partial charge in [-0.3, -0.25) is 14.5 Å². The van der Waals surface area contributed by atoms with Crippen molar-refractivity contribution in [2.45, 2.75) is 71.3 Å². The molecule has 1 saturated carbocycles. The molecule has 138 valence electrons. The Hall–Kier alpha value is -1.79. The molecule has 24 heavy (non-hydrogen) atoms. The number of ether oxygens (including phenoxy) is 2. The Morgan fingerprint density at radius 1 is 1.08 bits per heavy atom. The second-order valence-corrected chi connectivity index (χ2v) is 7.24. The first-order chi connectivity index (χ1) is 11.2. The van der Waals surface area contributed by atoms with Crippen LogP contribution in [0, 0.1) is 5.92 Å². The van der Waals surface area contributed by atoms with Crippen molar-refractivity contribution in [3.63, 3.8) is 0 Å². The Morgan fingerprint density at radius 2 is 1.71 bits per heavy atom. The van der Waals surface area contributed by atoms with Gasteiger partial charge in [-0.1, -0.05) is 32.1 Å². The van der Waals surface area contributed by atoms with Crippen molar-refractivity contribution in [3.05, 3.63) is 0 Å². The average Bonchev–Trinajstić information content (AvgIpc) is 2.50. The van der Waals surface area contributed by atoms with Crippen molar-refractivity contribution in [3.8, 4) is 0 Å². The molecule has 0 aromatic heterocycles. The molecule has 0 bridgehead atoms. The monoisotopic (exact) mass is 343 g/mol. The number of carbonyl (C=O) groups excluding carboxylic acids is 2. The zero-order valence-corrected chi connectivity index (χ0v) is 14.9. The van der Waals surface area contributed by atoms with Crippen LogP contribution in [0.4, 0.5) is 4.79 Å². The van der Waals surface area contributed by atoms with E-state index in [9.17, 15) is 14.4 Å². The number of carboxylic acid groups (broad SMARTS) is 1. The topological polar surface area (TPSA) is 93.1 Å². The van der Waals surface area contributed by atoms with E-state index in [4.69, 9.17) is 14.6 Å². The molecule has 0 unspecified atom stereocenters. The maximum atomic E-state index is 12.0. The lowest BCUT2D eigenvalue weighted by molar-refractivity contribution is -0.154. The summed E-state index contributed by atoms with van der Waals surface area (Å²) in [5, 5.41) is 8.87. The van der Waals surface area contributed by atoms with Crippen molar-refractivity contribution in [2.75, 3.05) is 13.3 Å². The Labute approximate surface area is 143 Å². The van der Waals surface area contributed by atoms with Gasteiger partial charge in [0.2, 0.25) is 6.79 Å². The lowest BCUT2D eigenvalue weighted by Gasteiger charge is -2.33. The Bertz CT molecular complexity index is 437. The summed E-state index contributed by atoms with van der Waals surface area (Å²) < 4.78 is 9.79. The number of esters is 1. The molecule has 0 atom stereocenters. The highest BCUT2D eigenvalue weighted by Crippen LogP contribution is 2.27. The van der Waals surface area contributed by atoms with Gasteiger partial charge in [0.1, 0.15) is 6.54 Å². The zero-order chi connectivity index (χ0) is 18.2. The van der Waals surface area contributed by atoms with Crippen LogP contribution in [0.2, 0.25) is 0 Å². The van der Waals surface area contributed by atoms with E-state index in [0.717, 1.165) is 24.2 Å². The number of hydrogen-bond acceptors (Lipinski definition) is 5. The summed E-state index contributed by atoms with van der Waals surface area (Å²) in [5.74, 6) is -0.943. The van der Waals surface area contributed by atoms with Crippen LogP contribution in [0.1, 0.15) is 65.7 Å².